The Hall–Kier alpha value is -3.61. The second kappa shape index (κ2) is 8.02. The van der Waals surface area contributed by atoms with Gasteiger partial charge in [-0.25, -0.2) is 4.79 Å². The van der Waals surface area contributed by atoms with Crippen LogP contribution in [0.2, 0.25) is 0 Å². The average Bonchev–Trinajstić information content (AvgIpc) is 3.25. The maximum Gasteiger partial charge on any atom is 0.325 e. The van der Waals surface area contributed by atoms with E-state index in [2.05, 4.69) is 15.6 Å². The molecule has 0 bridgehead atoms. The molecule has 0 spiro atoms. The molecule has 0 radical (unpaired) electrons. The number of imide groups is 1. The molecule has 7 nitrogen and oxygen atoms in total. The topological polar surface area (TPSA) is 94.3 Å². The van der Waals surface area contributed by atoms with Crippen molar-refractivity contribution in [2.24, 2.45) is 0 Å². The summed E-state index contributed by atoms with van der Waals surface area (Å²) < 4.78 is 0. The minimum Gasteiger partial charge on any atom is -0.361 e. The van der Waals surface area contributed by atoms with Crippen molar-refractivity contribution < 1.29 is 14.4 Å². The van der Waals surface area contributed by atoms with Crippen LogP contribution in [-0.4, -0.2) is 40.3 Å². The number of nitrogens with one attached hydrogen (secondary N) is 3. The molecular formula is C23H24N4O3. The lowest BCUT2D eigenvalue weighted by molar-refractivity contribution is -0.132. The van der Waals surface area contributed by atoms with Crippen molar-refractivity contribution in [3.8, 4) is 0 Å². The molecule has 1 saturated heterocycles. The molecule has 1 aliphatic heterocycles. The second-order valence-corrected chi connectivity index (χ2v) is 7.64. The minimum absolute atomic E-state index is 0.221. The molecule has 3 aromatic rings. The number of amides is 4. The van der Waals surface area contributed by atoms with Gasteiger partial charge in [0.25, 0.3) is 5.91 Å². The molecule has 2 atom stereocenters. The van der Waals surface area contributed by atoms with Crippen molar-refractivity contribution in [1.29, 1.82) is 0 Å². The first-order chi connectivity index (χ1) is 14.4. The highest BCUT2D eigenvalue weighted by Gasteiger charge is 2.39. The van der Waals surface area contributed by atoms with Crippen LogP contribution in [0, 0.1) is 6.92 Å². The van der Waals surface area contributed by atoms with Gasteiger partial charge in [0.2, 0.25) is 5.91 Å². The lowest BCUT2D eigenvalue weighted by atomic mass is 10.0. The number of aryl methyl sites for hydroxylation is 1. The first-order valence-corrected chi connectivity index (χ1v) is 9.96. The molecular weight excluding hydrogens is 380 g/mol. The summed E-state index contributed by atoms with van der Waals surface area (Å²) in [6, 6.07) is 14.1. The van der Waals surface area contributed by atoms with Crippen LogP contribution in [-0.2, 0) is 16.0 Å². The molecule has 7 heteroatoms. The van der Waals surface area contributed by atoms with Crippen molar-refractivity contribution in [3.63, 3.8) is 0 Å². The zero-order valence-electron chi connectivity index (χ0n) is 16.9. The van der Waals surface area contributed by atoms with E-state index in [4.69, 9.17) is 0 Å². The third-order valence-electron chi connectivity index (χ3n) is 5.54. The number of H-pyrrole nitrogens is 1. The summed E-state index contributed by atoms with van der Waals surface area (Å²) in [5, 5.41) is 6.59. The smallest absolute Gasteiger partial charge is 0.325 e. The van der Waals surface area contributed by atoms with E-state index in [-0.39, 0.29) is 24.4 Å². The van der Waals surface area contributed by atoms with E-state index >= 15 is 0 Å². The zero-order chi connectivity index (χ0) is 21.3. The van der Waals surface area contributed by atoms with Crippen LogP contribution in [0.25, 0.3) is 10.9 Å². The molecule has 3 N–H and O–H groups in total. The Labute approximate surface area is 174 Å². The third kappa shape index (κ3) is 3.78. The second-order valence-electron chi connectivity index (χ2n) is 7.64. The van der Waals surface area contributed by atoms with E-state index in [9.17, 15) is 14.4 Å². The van der Waals surface area contributed by atoms with Crippen molar-refractivity contribution in [1.82, 2.24) is 20.5 Å². The van der Waals surface area contributed by atoms with Crippen molar-refractivity contribution in [2.45, 2.75) is 32.4 Å². The van der Waals surface area contributed by atoms with Gasteiger partial charge in [0.15, 0.2) is 0 Å². The van der Waals surface area contributed by atoms with Crippen molar-refractivity contribution in [2.75, 3.05) is 6.54 Å². The summed E-state index contributed by atoms with van der Waals surface area (Å²) in [6.07, 6.45) is 2.22. The summed E-state index contributed by atoms with van der Waals surface area (Å²) in [7, 11) is 0. The van der Waals surface area contributed by atoms with E-state index in [0.717, 1.165) is 32.5 Å². The predicted octanol–water partition coefficient (Wildman–Crippen LogP) is 2.82. The normalized spacial score (nSPS) is 17.3. The third-order valence-corrected chi connectivity index (χ3v) is 5.54. The standard InChI is InChI=1S/C23H24N4O3/c1-14-7-3-4-8-17(14)15(2)25-21(28)13-27-22(29)20(26-23(27)30)11-16-12-24-19-10-6-5-9-18(16)19/h3-10,12,15,20,24H,11,13H2,1-2H3,(H,25,28)(H,26,30). The highest BCUT2D eigenvalue weighted by atomic mass is 16.2. The molecule has 4 amide bonds. The van der Waals surface area contributed by atoms with Crippen LogP contribution >= 0.6 is 0 Å². The number of aromatic nitrogens is 1. The van der Waals surface area contributed by atoms with Crippen LogP contribution in [0.4, 0.5) is 4.79 Å². The molecule has 2 heterocycles. The molecule has 1 fully saturated rings. The summed E-state index contributed by atoms with van der Waals surface area (Å²) in [4.78, 5) is 41.8. The Bertz CT molecular complexity index is 1120. The van der Waals surface area contributed by atoms with E-state index in [1.807, 2.05) is 68.6 Å². The van der Waals surface area contributed by atoms with Gasteiger partial charge in [-0.2, -0.15) is 0 Å². The highest BCUT2D eigenvalue weighted by molar-refractivity contribution is 6.06. The zero-order valence-corrected chi connectivity index (χ0v) is 16.9. The van der Waals surface area contributed by atoms with E-state index < -0.39 is 12.1 Å². The molecule has 0 saturated carbocycles. The van der Waals surface area contributed by atoms with Gasteiger partial charge in [-0.1, -0.05) is 42.5 Å². The number of nitrogens with zero attached hydrogens (tertiary/aromatic N) is 1. The molecule has 4 rings (SSSR count). The Morgan fingerprint density at radius 2 is 1.87 bits per heavy atom. The first kappa shape index (κ1) is 19.7. The fourth-order valence-corrected chi connectivity index (χ4v) is 3.97. The fraction of sp³-hybridized carbons (Fsp3) is 0.261. The van der Waals surface area contributed by atoms with Crippen LogP contribution in [0.5, 0.6) is 0 Å². The van der Waals surface area contributed by atoms with Gasteiger partial charge in [-0.15, -0.1) is 0 Å². The minimum atomic E-state index is -0.682. The van der Waals surface area contributed by atoms with E-state index in [0.29, 0.717) is 6.42 Å². The SMILES string of the molecule is Cc1ccccc1C(C)NC(=O)CN1C(=O)NC(Cc2c[nH]c3ccccc23)C1=O. The summed E-state index contributed by atoms with van der Waals surface area (Å²) in [5.74, 6) is -0.758. The van der Waals surface area contributed by atoms with Gasteiger partial charge in [0, 0.05) is 23.5 Å². The van der Waals surface area contributed by atoms with Crippen molar-refractivity contribution in [3.05, 3.63) is 71.4 Å². The number of hydrogen-bond donors (Lipinski definition) is 3. The number of aromatic amines is 1. The number of hydrogen-bond acceptors (Lipinski definition) is 3. The fourth-order valence-electron chi connectivity index (χ4n) is 3.97. The van der Waals surface area contributed by atoms with Crippen LogP contribution in [0.3, 0.4) is 0 Å². The lowest BCUT2D eigenvalue weighted by Gasteiger charge is -2.18. The highest BCUT2D eigenvalue weighted by Crippen LogP contribution is 2.21. The maximum atomic E-state index is 12.8. The number of para-hydroxylation sites is 1. The number of urea groups is 1. The predicted molar refractivity (Wildman–Crippen MR) is 114 cm³/mol. The average molecular weight is 404 g/mol. The Morgan fingerprint density at radius 1 is 1.13 bits per heavy atom. The Morgan fingerprint density at radius 3 is 2.67 bits per heavy atom. The van der Waals surface area contributed by atoms with E-state index in [1.54, 1.807) is 0 Å². The number of rotatable bonds is 6. The largest absolute Gasteiger partial charge is 0.361 e. The molecule has 1 aliphatic rings. The van der Waals surface area contributed by atoms with Gasteiger partial charge < -0.3 is 15.6 Å². The molecule has 30 heavy (non-hydrogen) atoms. The molecule has 2 aromatic carbocycles. The molecule has 2 unspecified atom stereocenters. The van der Waals surface area contributed by atoms with Crippen LogP contribution in [0.15, 0.2) is 54.7 Å². The quantitative estimate of drug-likeness (QED) is 0.552. The van der Waals surface area contributed by atoms with Crippen molar-refractivity contribution >= 4 is 28.7 Å². The summed E-state index contributed by atoms with van der Waals surface area (Å²) in [5.41, 5.74) is 3.99. The van der Waals surface area contributed by atoms with E-state index in [1.165, 1.54) is 0 Å². The molecule has 154 valence electrons. The maximum absolute atomic E-state index is 12.8. The van der Waals surface area contributed by atoms with Gasteiger partial charge in [0.05, 0.1) is 6.04 Å². The van der Waals surface area contributed by atoms with Gasteiger partial charge in [-0.3, -0.25) is 14.5 Å². The van der Waals surface area contributed by atoms with Crippen LogP contribution in [0.1, 0.15) is 29.7 Å². The number of carbonyl (C=O) groups excluding carboxylic acids is 3. The monoisotopic (exact) mass is 404 g/mol. The lowest BCUT2D eigenvalue weighted by Crippen LogP contribution is -2.42. The number of benzene rings is 2. The number of carbonyl (C=O) groups is 3. The molecule has 1 aromatic heterocycles. The summed E-state index contributed by atoms with van der Waals surface area (Å²) in [6.45, 7) is 3.56. The van der Waals surface area contributed by atoms with Crippen LogP contribution < -0.4 is 10.6 Å². The summed E-state index contributed by atoms with van der Waals surface area (Å²) >= 11 is 0. The van der Waals surface area contributed by atoms with Gasteiger partial charge >= 0.3 is 6.03 Å². The molecule has 0 aliphatic carbocycles. The first-order valence-electron chi connectivity index (χ1n) is 9.96. The Balaban J connectivity index is 1.40. The number of fused-ring (bicyclic) bond motifs is 1. The van der Waals surface area contributed by atoms with Gasteiger partial charge in [-0.05, 0) is 36.6 Å². The Kier molecular flexibility index (Phi) is 5.27. The van der Waals surface area contributed by atoms with Gasteiger partial charge in [0.1, 0.15) is 12.6 Å².